The predicted octanol–water partition coefficient (Wildman–Crippen LogP) is 2.04. The van der Waals surface area contributed by atoms with E-state index in [1.165, 1.54) is 7.11 Å². The summed E-state index contributed by atoms with van der Waals surface area (Å²) >= 11 is 3.30. The molecule has 1 aliphatic rings. The second kappa shape index (κ2) is 6.20. The molecule has 0 spiro atoms. The number of methoxy groups -OCH3 is 1. The van der Waals surface area contributed by atoms with Crippen molar-refractivity contribution in [1.29, 1.82) is 0 Å². The summed E-state index contributed by atoms with van der Waals surface area (Å²) in [6, 6.07) is 8.19. The second-order valence-electron chi connectivity index (χ2n) is 4.13. The number of ether oxygens (including phenoxy) is 2. The number of para-hydroxylation sites is 1. The highest BCUT2D eigenvalue weighted by Gasteiger charge is 2.23. The van der Waals surface area contributed by atoms with Crippen molar-refractivity contribution in [2.24, 2.45) is 0 Å². The number of rotatable bonds is 4. The Morgan fingerprint density at radius 1 is 1.61 bits per heavy atom. The number of alkyl halides is 1. The lowest BCUT2D eigenvalue weighted by atomic mass is 10.0. The zero-order chi connectivity index (χ0) is 13.0. The van der Waals surface area contributed by atoms with Gasteiger partial charge in [0.05, 0.1) is 13.7 Å². The van der Waals surface area contributed by atoms with E-state index in [1.807, 2.05) is 24.3 Å². The lowest BCUT2D eigenvalue weighted by Crippen LogP contribution is -2.34. The van der Waals surface area contributed by atoms with E-state index in [1.54, 1.807) is 0 Å². The van der Waals surface area contributed by atoms with Crippen LogP contribution in [-0.2, 0) is 9.53 Å². The standard InChI is InChI=1S/C13H16BrNO3/c1-17-13(16)10(14)8-15-11-6-7-18-12-5-3-2-4-9(11)12/h2-5,10-11,15H,6-8H2,1H3. The van der Waals surface area contributed by atoms with Gasteiger partial charge in [0, 0.05) is 24.6 Å². The summed E-state index contributed by atoms with van der Waals surface area (Å²) in [5, 5.41) is 3.37. The van der Waals surface area contributed by atoms with Crippen molar-refractivity contribution in [3.63, 3.8) is 0 Å². The number of hydrogen-bond acceptors (Lipinski definition) is 4. The maximum Gasteiger partial charge on any atom is 0.320 e. The number of halogens is 1. The number of benzene rings is 1. The fourth-order valence-corrected chi connectivity index (χ4v) is 2.38. The largest absolute Gasteiger partial charge is 0.493 e. The molecule has 1 aliphatic heterocycles. The first-order chi connectivity index (χ1) is 8.72. The fourth-order valence-electron chi connectivity index (χ4n) is 2.01. The molecule has 2 atom stereocenters. The van der Waals surface area contributed by atoms with Gasteiger partial charge in [-0.2, -0.15) is 0 Å². The van der Waals surface area contributed by atoms with Gasteiger partial charge in [-0.05, 0) is 6.07 Å². The van der Waals surface area contributed by atoms with E-state index in [9.17, 15) is 4.79 Å². The highest BCUT2D eigenvalue weighted by molar-refractivity contribution is 9.10. The van der Waals surface area contributed by atoms with Gasteiger partial charge in [-0.25, -0.2) is 0 Å². The zero-order valence-electron chi connectivity index (χ0n) is 10.2. The molecule has 4 nitrogen and oxygen atoms in total. The smallest absolute Gasteiger partial charge is 0.320 e. The van der Waals surface area contributed by atoms with Crippen molar-refractivity contribution in [2.75, 3.05) is 20.3 Å². The van der Waals surface area contributed by atoms with Crippen LogP contribution in [0.15, 0.2) is 24.3 Å². The van der Waals surface area contributed by atoms with Gasteiger partial charge in [0.1, 0.15) is 10.6 Å². The van der Waals surface area contributed by atoms with E-state index >= 15 is 0 Å². The molecule has 0 saturated carbocycles. The molecular formula is C13H16BrNO3. The third-order valence-corrected chi connectivity index (χ3v) is 3.66. The second-order valence-corrected chi connectivity index (χ2v) is 5.23. The molecule has 0 saturated heterocycles. The van der Waals surface area contributed by atoms with Gasteiger partial charge < -0.3 is 14.8 Å². The Balaban J connectivity index is 1.97. The average Bonchev–Trinajstić information content (AvgIpc) is 2.43. The Morgan fingerprint density at radius 2 is 2.39 bits per heavy atom. The van der Waals surface area contributed by atoms with Gasteiger partial charge >= 0.3 is 5.97 Å². The fraction of sp³-hybridized carbons (Fsp3) is 0.462. The van der Waals surface area contributed by atoms with E-state index in [4.69, 9.17) is 4.74 Å². The number of hydrogen-bond donors (Lipinski definition) is 1. The Hall–Kier alpha value is -1.07. The van der Waals surface area contributed by atoms with Gasteiger partial charge in [-0.1, -0.05) is 34.1 Å². The molecule has 5 heteroatoms. The summed E-state index contributed by atoms with van der Waals surface area (Å²) in [5.41, 5.74) is 1.15. The highest BCUT2D eigenvalue weighted by atomic mass is 79.9. The Bertz CT molecular complexity index is 424. The maximum atomic E-state index is 11.3. The molecule has 18 heavy (non-hydrogen) atoms. The predicted molar refractivity (Wildman–Crippen MR) is 72.0 cm³/mol. The molecular weight excluding hydrogens is 298 g/mol. The van der Waals surface area contributed by atoms with Gasteiger partial charge in [0.15, 0.2) is 0 Å². The number of fused-ring (bicyclic) bond motifs is 1. The van der Waals surface area contributed by atoms with E-state index in [0.717, 1.165) is 17.7 Å². The average molecular weight is 314 g/mol. The SMILES string of the molecule is COC(=O)C(Br)CNC1CCOc2ccccc21. The molecule has 0 fully saturated rings. The number of carbonyl (C=O) groups excluding carboxylic acids is 1. The molecule has 1 aromatic rings. The highest BCUT2D eigenvalue weighted by Crippen LogP contribution is 2.31. The monoisotopic (exact) mass is 313 g/mol. The van der Waals surface area contributed by atoms with Crippen molar-refractivity contribution in [2.45, 2.75) is 17.3 Å². The minimum Gasteiger partial charge on any atom is -0.493 e. The first kappa shape index (κ1) is 13.4. The molecule has 1 heterocycles. The Morgan fingerprint density at radius 3 is 3.17 bits per heavy atom. The number of nitrogens with one attached hydrogen (secondary N) is 1. The topological polar surface area (TPSA) is 47.6 Å². The van der Waals surface area contributed by atoms with Crippen LogP contribution in [-0.4, -0.2) is 31.1 Å². The molecule has 1 N–H and O–H groups in total. The van der Waals surface area contributed by atoms with Gasteiger partial charge in [-0.3, -0.25) is 4.79 Å². The third-order valence-electron chi connectivity index (χ3n) is 2.96. The van der Waals surface area contributed by atoms with Crippen LogP contribution in [0.1, 0.15) is 18.0 Å². The van der Waals surface area contributed by atoms with Crippen molar-refractivity contribution >= 4 is 21.9 Å². The molecule has 0 aromatic heterocycles. The number of esters is 1. The van der Waals surface area contributed by atoms with Crippen LogP contribution in [0.25, 0.3) is 0 Å². The van der Waals surface area contributed by atoms with Gasteiger partial charge in [-0.15, -0.1) is 0 Å². The first-order valence-electron chi connectivity index (χ1n) is 5.89. The first-order valence-corrected chi connectivity index (χ1v) is 6.81. The number of carbonyl (C=O) groups is 1. The van der Waals surface area contributed by atoms with Crippen molar-refractivity contribution < 1.29 is 14.3 Å². The van der Waals surface area contributed by atoms with Crippen LogP contribution in [0, 0.1) is 0 Å². The summed E-state index contributed by atoms with van der Waals surface area (Å²) in [7, 11) is 1.39. The summed E-state index contributed by atoms with van der Waals surface area (Å²) in [4.78, 5) is 11.0. The Kier molecular flexibility index (Phi) is 4.60. The van der Waals surface area contributed by atoms with Crippen LogP contribution in [0.4, 0.5) is 0 Å². The van der Waals surface area contributed by atoms with E-state index in [0.29, 0.717) is 13.2 Å². The quantitative estimate of drug-likeness (QED) is 0.682. The normalized spacial score (nSPS) is 19.6. The molecule has 2 unspecified atom stereocenters. The van der Waals surface area contributed by atoms with E-state index in [2.05, 4.69) is 26.0 Å². The molecule has 2 rings (SSSR count). The lowest BCUT2D eigenvalue weighted by Gasteiger charge is -2.27. The van der Waals surface area contributed by atoms with Crippen molar-refractivity contribution in [3.05, 3.63) is 29.8 Å². The third kappa shape index (κ3) is 3.03. The summed E-state index contributed by atoms with van der Waals surface area (Å²) < 4.78 is 10.3. The van der Waals surface area contributed by atoms with Gasteiger partial charge in [0.2, 0.25) is 0 Å². The molecule has 1 aromatic carbocycles. The minimum atomic E-state index is -0.322. The van der Waals surface area contributed by atoms with E-state index < -0.39 is 0 Å². The van der Waals surface area contributed by atoms with Crippen LogP contribution in [0.3, 0.4) is 0 Å². The van der Waals surface area contributed by atoms with Crippen LogP contribution >= 0.6 is 15.9 Å². The van der Waals surface area contributed by atoms with Crippen molar-refractivity contribution in [3.8, 4) is 5.75 Å². The minimum absolute atomic E-state index is 0.222. The molecule has 0 aliphatic carbocycles. The molecule has 98 valence electrons. The van der Waals surface area contributed by atoms with Crippen LogP contribution in [0.2, 0.25) is 0 Å². The summed E-state index contributed by atoms with van der Waals surface area (Å²) in [5.74, 6) is 0.660. The van der Waals surface area contributed by atoms with Crippen LogP contribution < -0.4 is 10.1 Å². The van der Waals surface area contributed by atoms with E-state index in [-0.39, 0.29) is 16.8 Å². The zero-order valence-corrected chi connectivity index (χ0v) is 11.8. The maximum absolute atomic E-state index is 11.3. The Labute approximate surface area is 115 Å². The summed E-state index contributed by atoms with van der Waals surface area (Å²) in [6.45, 7) is 1.23. The summed E-state index contributed by atoms with van der Waals surface area (Å²) in [6.07, 6.45) is 0.901. The van der Waals surface area contributed by atoms with Gasteiger partial charge in [0.25, 0.3) is 0 Å². The molecule has 0 amide bonds. The lowest BCUT2D eigenvalue weighted by molar-refractivity contribution is -0.139. The molecule has 0 radical (unpaired) electrons. The van der Waals surface area contributed by atoms with Crippen molar-refractivity contribution in [1.82, 2.24) is 5.32 Å². The molecule has 0 bridgehead atoms. The van der Waals surface area contributed by atoms with Crippen LogP contribution in [0.5, 0.6) is 5.75 Å².